The Hall–Kier alpha value is -3.52. The summed E-state index contributed by atoms with van der Waals surface area (Å²) in [5, 5.41) is 5.84. The quantitative estimate of drug-likeness (QED) is 0.512. The maximum absolute atomic E-state index is 12.9. The first-order valence-electron chi connectivity index (χ1n) is 10.8. The lowest BCUT2D eigenvalue weighted by molar-refractivity contribution is -0.127. The zero-order valence-electron chi connectivity index (χ0n) is 18.8. The van der Waals surface area contributed by atoms with Crippen molar-refractivity contribution in [3.05, 3.63) is 58.4 Å². The fourth-order valence-corrected chi connectivity index (χ4v) is 4.57. The summed E-state index contributed by atoms with van der Waals surface area (Å²) in [6.07, 6.45) is 1.24. The van der Waals surface area contributed by atoms with Crippen molar-refractivity contribution in [2.45, 2.75) is 39.7 Å². The van der Waals surface area contributed by atoms with E-state index in [-0.39, 0.29) is 24.1 Å². The van der Waals surface area contributed by atoms with E-state index in [1.165, 1.54) is 11.8 Å². The predicted molar refractivity (Wildman–Crippen MR) is 129 cm³/mol. The minimum absolute atomic E-state index is 0.0890. The van der Waals surface area contributed by atoms with Crippen molar-refractivity contribution < 1.29 is 19.1 Å². The Balaban J connectivity index is 1.59. The number of Topliss-reactive ketones (excluding diaryl/α,β-unsaturated/α-hetero) is 1. The molecule has 2 amide bonds. The molecule has 1 N–H and O–H groups in total. The molecular formula is C25H25N3O4S. The van der Waals surface area contributed by atoms with Crippen LogP contribution in [0.4, 0.5) is 11.4 Å². The molecule has 0 aliphatic carbocycles. The number of ketones is 1. The average Bonchev–Trinajstić information content (AvgIpc) is 3.26. The van der Waals surface area contributed by atoms with Gasteiger partial charge in [0.2, 0.25) is 5.91 Å². The molecule has 1 aromatic heterocycles. The Morgan fingerprint density at radius 3 is 2.79 bits per heavy atom. The number of nitrogens with zero attached hydrogens (tertiary/aromatic N) is 2. The largest absolute Gasteiger partial charge is 0.479 e. The highest BCUT2D eigenvalue weighted by Gasteiger charge is 2.33. The van der Waals surface area contributed by atoms with Gasteiger partial charge in [-0.15, -0.1) is 11.3 Å². The molecule has 1 aliphatic heterocycles. The third-order valence-corrected chi connectivity index (χ3v) is 6.24. The molecule has 3 aromatic rings. The van der Waals surface area contributed by atoms with E-state index in [0.717, 1.165) is 29.1 Å². The number of amides is 2. The van der Waals surface area contributed by atoms with Crippen LogP contribution >= 0.6 is 11.3 Å². The molecule has 7 nitrogen and oxygen atoms in total. The highest BCUT2D eigenvalue weighted by molar-refractivity contribution is 7.09. The normalized spacial score (nSPS) is 15.1. The molecule has 0 saturated carbocycles. The highest BCUT2D eigenvalue weighted by atomic mass is 32.1. The number of nitrogens with one attached hydrogen (secondary N) is 1. The van der Waals surface area contributed by atoms with Crippen molar-refractivity contribution in [1.82, 2.24) is 4.98 Å². The van der Waals surface area contributed by atoms with Gasteiger partial charge < -0.3 is 10.1 Å². The fraction of sp³-hybridized carbons (Fsp3) is 0.280. The average molecular weight is 464 g/mol. The van der Waals surface area contributed by atoms with E-state index in [9.17, 15) is 14.4 Å². The summed E-state index contributed by atoms with van der Waals surface area (Å²) in [5.74, 6) is -0.208. The number of carbonyl (C=O) groups is 3. The monoisotopic (exact) mass is 463 g/mol. The van der Waals surface area contributed by atoms with Crippen LogP contribution in [0.5, 0.6) is 5.75 Å². The van der Waals surface area contributed by atoms with Crippen molar-refractivity contribution in [3.63, 3.8) is 0 Å². The van der Waals surface area contributed by atoms with Crippen LogP contribution in [0.25, 0.3) is 11.3 Å². The molecule has 0 radical (unpaired) electrons. The van der Waals surface area contributed by atoms with Crippen LogP contribution in [0.3, 0.4) is 0 Å². The van der Waals surface area contributed by atoms with Crippen LogP contribution < -0.4 is 15.0 Å². The van der Waals surface area contributed by atoms with E-state index < -0.39 is 6.10 Å². The number of thiazole rings is 1. The van der Waals surface area contributed by atoms with E-state index >= 15 is 0 Å². The van der Waals surface area contributed by atoms with Gasteiger partial charge in [0.1, 0.15) is 12.3 Å². The highest BCUT2D eigenvalue weighted by Crippen LogP contribution is 2.37. The molecule has 0 spiro atoms. The Kier molecular flexibility index (Phi) is 6.55. The number of anilines is 2. The van der Waals surface area contributed by atoms with E-state index in [1.807, 2.05) is 23.6 Å². The molecule has 33 heavy (non-hydrogen) atoms. The van der Waals surface area contributed by atoms with Gasteiger partial charge in [-0.05, 0) is 57.0 Å². The third-order valence-electron chi connectivity index (χ3n) is 5.33. The number of fused-ring (bicyclic) bond motifs is 1. The predicted octanol–water partition coefficient (Wildman–Crippen LogP) is 4.72. The zero-order valence-corrected chi connectivity index (χ0v) is 19.6. The minimum Gasteiger partial charge on any atom is -0.479 e. The third kappa shape index (κ3) is 4.96. The van der Waals surface area contributed by atoms with Crippen molar-refractivity contribution in [1.29, 1.82) is 0 Å². The molecule has 0 saturated heterocycles. The number of carbonyl (C=O) groups excluding carboxylic acids is 3. The van der Waals surface area contributed by atoms with Gasteiger partial charge in [-0.1, -0.05) is 19.1 Å². The first kappa shape index (κ1) is 22.7. The van der Waals surface area contributed by atoms with Crippen LogP contribution in [-0.2, 0) is 16.0 Å². The van der Waals surface area contributed by atoms with Gasteiger partial charge >= 0.3 is 0 Å². The summed E-state index contributed by atoms with van der Waals surface area (Å²) >= 11 is 1.61. The Labute approximate surface area is 196 Å². The zero-order chi connectivity index (χ0) is 23.5. The van der Waals surface area contributed by atoms with Crippen LogP contribution in [-0.4, -0.2) is 35.2 Å². The van der Waals surface area contributed by atoms with Crippen molar-refractivity contribution in [2.75, 3.05) is 16.8 Å². The van der Waals surface area contributed by atoms with Crippen LogP contribution in [0.1, 0.15) is 42.6 Å². The molecular weight excluding hydrogens is 438 g/mol. The molecule has 1 unspecified atom stereocenters. The summed E-state index contributed by atoms with van der Waals surface area (Å²) in [6.45, 7) is 5.07. The number of hydrogen-bond acceptors (Lipinski definition) is 6. The smallest absolute Gasteiger partial charge is 0.268 e. The standard InChI is InChI=1S/C25H25N3O4S/c1-4-6-24-27-20(14-33-24)18-9-10-22-21(12-18)28(25(31)16(3)32-22)13-23(30)26-19-8-5-7-17(11-19)15(2)29/h5,7-12,14,16H,4,6,13H2,1-3H3,(H,26,30). The molecule has 1 aliphatic rings. The summed E-state index contributed by atoms with van der Waals surface area (Å²) in [7, 11) is 0. The summed E-state index contributed by atoms with van der Waals surface area (Å²) in [4.78, 5) is 43.5. The second-order valence-electron chi connectivity index (χ2n) is 7.93. The van der Waals surface area contributed by atoms with Gasteiger partial charge in [0, 0.05) is 22.2 Å². The van der Waals surface area contributed by atoms with E-state index in [2.05, 4.69) is 17.2 Å². The van der Waals surface area contributed by atoms with E-state index in [1.54, 1.807) is 42.5 Å². The molecule has 4 rings (SSSR count). The number of ether oxygens (including phenoxy) is 1. The summed E-state index contributed by atoms with van der Waals surface area (Å²) in [6, 6.07) is 12.3. The topological polar surface area (TPSA) is 88.6 Å². The van der Waals surface area contributed by atoms with E-state index in [4.69, 9.17) is 4.74 Å². The van der Waals surface area contributed by atoms with Gasteiger partial charge in [0.15, 0.2) is 11.9 Å². The van der Waals surface area contributed by atoms with Gasteiger partial charge in [-0.3, -0.25) is 19.3 Å². The number of aryl methyl sites for hydroxylation is 1. The number of rotatable bonds is 7. The Morgan fingerprint density at radius 2 is 2.03 bits per heavy atom. The summed E-state index contributed by atoms with van der Waals surface area (Å²) in [5.41, 5.74) is 3.24. The van der Waals surface area contributed by atoms with Crippen LogP contribution in [0, 0.1) is 0 Å². The van der Waals surface area contributed by atoms with Crippen LogP contribution in [0.2, 0.25) is 0 Å². The summed E-state index contributed by atoms with van der Waals surface area (Å²) < 4.78 is 5.77. The van der Waals surface area contributed by atoms with Gasteiger partial charge in [0.25, 0.3) is 5.91 Å². The molecule has 2 aromatic carbocycles. The van der Waals surface area contributed by atoms with Gasteiger partial charge in [0.05, 0.1) is 16.4 Å². The van der Waals surface area contributed by atoms with Crippen molar-refractivity contribution in [3.8, 4) is 17.0 Å². The molecule has 0 fully saturated rings. The number of benzene rings is 2. The number of aromatic nitrogens is 1. The number of hydrogen-bond donors (Lipinski definition) is 1. The first-order valence-corrected chi connectivity index (χ1v) is 11.7. The Morgan fingerprint density at radius 1 is 1.21 bits per heavy atom. The molecule has 170 valence electrons. The van der Waals surface area contributed by atoms with Crippen LogP contribution in [0.15, 0.2) is 47.8 Å². The minimum atomic E-state index is -0.701. The SMILES string of the molecule is CCCc1nc(-c2ccc3c(c2)N(CC(=O)Nc2cccc(C(C)=O)c2)C(=O)C(C)O3)cs1. The van der Waals surface area contributed by atoms with Crippen molar-refractivity contribution in [2.24, 2.45) is 0 Å². The lowest BCUT2D eigenvalue weighted by Crippen LogP contribution is -2.47. The van der Waals surface area contributed by atoms with Gasteiger partial charge in [-0.2, -0.15) is 0 Å². The second kappa shape index (κ2) is 9.54. The maximum Gasteiger partial charge on any atom is 0.268 e. The lowest BCUT2D eigenvalue weighted by Gasteiger charge is -2.32. The first-order chi connectivity index (χ1) is 15.9. The molecule has 1 atom stereocenters. The Bertz CT molecular complexity index is 1220. The molecule has 2 heterocycles. The molecule has 0 bridgehead atoms. The lowest BCUT2D eigenvalue weighted by atomic mass is 10.1. The maximum atomic E-state index is 12.9. The second-order valence-corrected chi connectivity index (χ2v) is 8.87. The van der Waals surface area contributed by atoms with Gasteiger partial charge in [-0.25, -0.2) is 4.98 Å². The molecule has 8 heteroatoms. The van der Waals surface area contributed by atoms with Crippen molar-refractivity contribution >= 4 is 40.3 Å². The fourth-order valence-electron chi connectivity index (χ4n) is 3.66. The van der Waals surface area contributed by atoms with E-state index in [0.29, 0.717) is 22.7 Å².